The largest absolute Gasteiger partial charge is 0.497 e. The standard InChI is InChI=1S/C25H27N3O5/c1-31-21-10-6-18(7-11-21)22(28-12-15-32-16-13-28)17-26-24(29)19-4-8-20(9-5-19)27-25(30)23-3-2-14-33-23/h2-11,14,22H,12-13,15-17H2,1H3,(H,26,29)(H,27,30)/t22-/m1/s1. The van der Waals surface area contributed by atoms with Crippen molar-refractivity contribution in [2.75, 3.05) is 45.3 Å². The average molecular weight is 450 g/mol. The van der Waals surface area contributed by atoms with Crippen LogP contribution < -0.4 is 15.4 Å². The molecule has 1 aromatic heterocycles. The molecule has 1 aliphatic heterocycles. The molecule has 0 spiro atoms. The van der Waals surface area contributed by atoms with Gasteiger partial charge in [-0.2, -0.15) is 0 Å². The highest BCUT2D eigenvalue weighted by Gasteiger charge is 2.23. The number of rotatable bonds is 8. The number of ether oxygens (including phenoxy) is 2. The first-order chi connectivity index (χ1) is 16.1. The molecular formula is C25H27N3O5. The second kappa shape index (κ2) is 10.8. The van der Waals surface area contributed by atoms with Crippen molar-refractivity contribution in [3.8, 4) is 5.75 Å². The van der Waals surface area contributed by atoms with Crippen molar-refractivity contribution in [2.24, 2.45) is 0 Å². The van der Waals surface area contributed by atoms with E-state index in [9.17, 15) is 9.59 Å². The first kappa shape index (κ1) is 22.6. The van der Waals surface area contributed by atoms with Gasteiger partial charge < -0.3 is 24.5 Å². The number of hydrogen-bond donors (Lipinski definition) is 2. The van der Waals surface area contributed by atoms with E-state index in [1.54, 1.807) is 43.5 Å². The van der Waals surface area contributed by atoms with E-state index in [-0.39, 0.29) is 23.6 Å². The molecule has 172 valence electrons. The Morgan fingerprint density at radius 1 is 1.00 bits per heavy atom. The van der Waals surface area contributed by atoms with Gasteiger partial charge in [-0.15, -0.1) is 0 Å². The molecule has 3 aromatic rings. The first-order valence-corrected chi connectivity index (χ1v) is 10.8. The molecule has 0 unspecified atom stereocenters. The van der Waals surface area contributed by atoms with Gasteiger partial charge in [0.25, 0.3) is 11.8 Å². The van der Waals surface area contributed by atoms with Crippen LogP contribution in [0.4, 0.5) is 5.69 Å². The van der Waals surface area contributed by atoms with Gasteiger partial charge in [-0.1, -0.05) is 12.1 Å². The third-order valence-electron chi connectivity index (χ3n) is 5.59. The highest BCUT2D eigenvalue weighted by atomic mass is 16.5. The van der Waals surface area contributed by atoms with E-state index in [1.165, 1.54) is 6.26 Å². The number of nitrogens with one attached hydrogen (secondary N) is 2. The van der Waals surface area contributed by atoms with Gasteiger partial charge in [-0.25, -0.2) is 0 Å². The summed E-state index contributed by atoms with van der Waals surface area (Å²) in [5.41, 5.74) is 2.20. The van der Waals surface area contributed by atoms with Crippen LogP contribution in [0.15, 0.2) is 71.3 Å². The predicted octanol–water partition coefficient (Wildman–Crippen LogP) is 3.34. The van der Waals surface area contributed by atoms with Gasteiger partial charge in [0.1, 0.15) is 5.75 Å². The number of benzene rings is 2. The molecule has 2 heterocycles. The molecule has 1 fully saturated rings. The summed E-state index contributed by atoms with van der Waals surface area (Å²) < 4.78 is 15.9. The van der Waals surface area contributed by atoms with Crippen LogP contribution in [0.25, 0.3) is 0 Å². The van der Waals surface area contributed by atoms with Gasteiger partial charge in [0.2, 0.25) is 0 Å². The fourth-order valence-corrected chi connectivity index (χ4v) is 3.77. The Morgan fingerprint density at radius 3 is 2.36 bits per heavy atom. The van der Waals surface area contributed by atoms with Crippen LogP contribution in [0.1, 0.15) is 32.5 Å². The Labute approximate surface area is 192 Å². The van der Waals surface area contributed by atoms with E-state index in [0.717, 1.165) is 24.4 Å². The van der Waals surface area contributed by atoms with Gasteiger partial charge in [0.05, 0.1) is 32.6 Å². The first-order valence-electron chi connectivity index (χ1n) is 10.8. The van der Waals surface area contributed by atoms with E-state index in [4.69, 9.17) is 13.9 Å². The quantitative estimate of drug-likeness (QED) is 0.548. The van der Waals surface area contributed by atoms with Gasteiger partial charge >= 0.3 is 0 Å². The maximum absolute atomic E-state index is 12.8. The molecule has 0 bridgehead atoms. The maximum atomic E-state index is 12.8. The number of anilines is 1. The van der Waals surface area contributed by atoms with Gasteiger partial charge in [0.15, 0.2) is 5.76 Å². The minimum absolute atomic E-state index is 0.0237. The number of nitrogens with zero attached hydrogens (tertiary/aromatic N) is 1. The molecule has 4 rings (SSSR count). The lowest BCUT2D eigenvalue weighted by Gasteiger charge is -2.35. The Bertz CT molecular complexity index is 1040. The van der Waals surface area contributed by atoms with Gasteiger partial charge in [-0.05, 0) is 54.1 Å². The van der Waals surface area contributed by atoms with Crippen molar-refractivity contribution >= 4 is 17.5 Å². The summed E-state index contributed by atoms with van der Waals surface area (Å²) in [4.78, 5) is 27.2. The van der Waals surface area contributed by atoms with Crippen LogP contribution >= 0.6 is 0 Å². The third-order valence-corrected chi connectivity index (χ3v) is 5.59. The molecule has 33 heavy (non-hydrogen) atoms. The second-order valence-corrected chi connectivity index (χ2v) is 7.66. The SMILES string of the molecule is COc1ccc([C@@H](CNC(=O)c2ccc(NC(=O)c3ccco3)cc2)N2CCOCC2)cc1. The highest BCUT2D eigenvalue weighted by Crippen LogP contribution is 2.24. The summed E-state index contributed by atoms with van der Waals surface area (Å²) in [5, 5.41) is 5.79. The summed E-state index contributed by atoms with van der Waals surface area (Å²) in [5.74, 6) is 0.503. The van der Waals surface area contributed by atoms with Crippen molar-refractivity contribution in [2.45, 2.75) is 6.04 Å². The molecular weight excluding hydrogens is 422 g/mol. The van der Waals surface area contributed by atoms with Crippen molar-refractivity contribution in [1.29, 1.82) is 0 Å². The number of hydrogen-bond acceptors (Lipinski definition) is 6. The molecule has 8 heteroatoms. The fraction of sp³-hybridized carbons (Fsp3) is 0.280. The minimum atomic E-state index is -0.343. The highest BCUT2D eigenvalue weighted by molar-refractivity contribution is 6.02. The zero-order valence-electron chi connectivity index (χ0n) is 18.5. The lowest BCUT2D eigenvalue weighted by Crippen LogP contribution is -2.43. The Hall–Kier alpha value is -3.62. The van der Waals surface area contributed by atoms with Gasteiger partial charge in [-0.3, -0.25) is 14.5 Å². The minimum Gasteiger partial charge on any atom is -0.497 e. The Balaban J connectivity index is 1.39. The topological polar surface area (TPSA) is 93.0 Å². The van der Waals surface area contributed by atoms with Crippen LogP contribution in [0.3, 0.4) is 0 Å². The summed E-state index contributed by atoms with van der Waals surface area (Å²) in [7, 11) is 1.64. The summed E-state index contributed by atoms with van der Waals surface area (Å²) in [6.45, 7) is 3.41. The molecule has 1 saturated heterocycles. The summed E-state index contributed by atoms with van der Waals surface area (Å²) in [6, 6.07) is 17.9. The maximum Gasteiger partial charge on any atom is 0.291 e. The van der Waals surface area contributed by atoms with E-state index < -0.39 is 0 Å². The van der Waals surface area contributed by atoms with Crippen molar-refractivity contribution in [3.63, 3.8) is 0 Å². The molecule has 1 aliphatic rings. The normalized spacial score (nSPS) is 14.9. The van der Waals surface area contributed by atoms with Crippen LogP contribution in [-0.2, 0) is 4.74 Å². The van der Waals surface area contributed by atoms with Crippen molar-refractivity contribution in [3.05, 3.63) is 83.8 Å². The van der Waals surface area contributed by atoms with E-state index >= 15 is 0 Å². The lowest BCUT2D eigenvalue weighted by molar-refractivity contribution is 0.0162. The van der Waals surface area contributed by atoms with Crippen LogP contribution in [-0.4, -0.2) is 56.7 Å². The van der Waals surface area contributed by atoms with Crippen LogP contribution in [0.5, 0.6) is 5.75 Å². The number of furan rings is 1. The number of morpholine rings is 1. The van der Waals surface area contributed by atoms with Crippen molar-refractivity contribution < 1.29 is 23.5 Å². The summed E-state index contributed by atoms with van der Waals surface area (Å²) >= 11 is 0. The molecule has 2 N–H and O–H groups in total. The lowest BCUT2D eigenvalue weighted by atomic mass is 10.0. The fourth-order valence-electron chi connectivity index (χ4n) is 3.77. The third kappa shape index (κ3) is 5.79. The average Bonchev–Trinajstić information content (AvgIpc) is 3.41. The van der Waals surface area contributed by atoms with E-state index in [1.807, 2.05) is 24.3 Å². The molecule has 8 nitrogen and oxygen atoms in total. The Morgan fingerprint density at radius 2 is 1.73 bits per heavy atom. The molecule has 2 aromatic carbocycles. The number of carbonyl (C=O) groups excluding carboxylic acids is 2. The van der Waals surface area contributed by atoms with Crippen LogP contribution in [0, 0.1) is 0 Å². The molecule has 0 aliphatic carbocycles. The van der Waals surface area contributed by atoms with Crippen molar-refractivity contribution in [1.82, 2.24) is 10.2 Å². The number of carbonyl (C=O) groups is 2. The molecule has 0 saturated carbocycles. The number of methoxy groups -OCH3 is 1. The second-order valence-electron chi connectivity index (χ2n) is 7.66. The monoisotopic (exact) mass is 449 g/mol. The van der Waals surface area contributed by atoms with E-state index in [2.05, 4.69) is 15.5 Å². The number of amides is 2. The zero-order chi connectivity index (χ0) is 23.0. The zero-order valence-corrected chi connectivity index (χ0v) is 18.5. The molecule has 1 atom stereocenters. The van der Waals surface area contributed by atoms with Crippen LogP contribution in [0.2, 0.25) is 0 Å². The Kier molecular flexibility index (Phi) is 7.39. The molecule has 2 amide bonds. The van der Waals surface area contributed by atoms with E-state index in [0.29, 0.717) is 31.0 Å². The summed E-state index contributed by atoms with van der Waals surface area (Å²) in [6.07, 6.45) is 1.44. The molecule has 0 radical (unpaired) electrons. The smallest absolute Gasteiger partial charge is 0.291 e. The van der Waals surface area contributed by atoms with Gasteiger partial charge in [0, 0.05) is 30.9 Å². The predicted molar refractivity (Wildman–Crippen MR) is 124 cm³/mol.